The summed E-state index contributed by atoms with van der Waals surface area (Å²) in [6, 6.07) is 1.50. The minimum atomic E-state index is -4.42. The fourth-order valence-corrected chi connectivity index (χ4v) is 3.03. The zero-order chi connectivity index (χ0) is 24.7. The van der Waals surface area contributed by atoms with Gasteiger partial charge in [0.1, 0.15) is 12.1 Å². The Bertz CT molecular complexity index is 1310. The number of rotatable bonds is 4. The van der Waals surface area contributed by atoms with E-state index >= 15 is 0 Å². The van der Waals surface area contributed by atoms with Crippen molar-refractivity contribution in [2.45, 2.75) is 26.1 Å². The molecule has 0 radical (unpaired) electrons. The number of amides is 1. The Balaban J connectivity index is 1.69. The highest BCUT2D eigenvalue weighted by Crippen LogP contribution is 2.38. The van der Waals surface area contributed by atoms with E-state index in [0.29, 0.717) is 10.9 Å². The largest absolute Gasteiger partial charge is 0.408 e. The van der Waals surface area contributed by atoms with Crippen LogP contribution in [0.15, 0.2) is 24.7 Å². The van der Waals surface area contributed by atoms with E-state index in [2.05, 4.69) is 42.8 Å². The van der Waals surface area contributed by atoms with Crippen LogP contribution in [0.4, 0.5) is 24.8 Å². The van der Waals surface area contributed by atoms with Crippen molar-refractivity contribution in [1.29, 1.82) is 0 Å². The molecule has 3 aromatic heterocycles. The molecule has 0 bridgehead atoms. The number of carbonyl (C=O) groups excluding carboxylic acids is 1. The number of carbonyl (C=O) groups is 1. The second kappa shape index (κ2) is 7.86. The minimum absolute atomic E-state index is 0.0558. The molecular weight excluding hydrogens is 411 g/mol. The molecule has 11 heteroatoms. The standard InChI is InChI=1S/C20H18F3N7O/c1-11-5-14(11)19(31)27-16-6-15-13(8-25-18(24-2)17(15)29-28-16)4-3-12-7-26-30(9-12)10-20(21,22)23/h6-9,11,14H,5,10H2,1-2H3,(H,24,25)(H,27,28,31)/t11-,14+/m1/s1/i2D3. The Morgan fingerprint density at radius 2 is 2.16 bits per heavy atom. The first-order valence-corrected chi connectivity index (χ1v) is 9.25. The summed E-state index contributed by atoms with van der Waals surface area (Å²) < 4.78 is 60.6. The van der Waals surface area contributed by atoms with Gasteiger partial charge in [-0.3, -0.25) is 9.48 Å². The summed E-state index contributed by atoms with van der Waals surface area (Å²) in [7, 11) is 0. The number of pyridine rings is 1. The molecule has 1 saturated carbocycles. The van der Waals surface area contributed by atoms with E-state index in [1.165, 1.54) is 18.5 Å². The maximum Gasteiger partial charge on any atom is 0.408 e. The number of halogens is 3. The molecule has 2 N–H and O–H groups in total. The molecule has 1 aliphatic carbocycles. The number of alkyl halides is 3. The van der Waals surface area contributed by atoms with Crippen LogP contribution in [-0.4, -0.2) is 44.0 Å². The fraction of sp³-hybridized carbons (Fsp3) is 0.350. The van der Waals surface area contributed by atoms with Gasteiger partial charge in [0.05, 0.1) is 17.3 Å². The lowest BCUT2D eigenvalue weighted by Crippen LogP contribution is -2.17. The van der Waals surface area contributed by atoms with Crippen molar-refractivity contribution >= 4 is 28.4 Å². The Labute approximate surface area is 179 Å². The van der Waals surface area contributed by atoms with Crippen molar-refractivity contribution in [3.8, 4) is 11.8 Å². The lowest BCUT2D eigenvalue weighted by molar-refractivity contribution is -0.142. The summed E-state index contributed by atoms with van der Waals surface area (Å²) >= 11 is 0. The normalized spacial score (nSPS) is 19.5. The van der Waals surface area contributed by atoms with E-state index in [9.17, 15) is 18.0 Å². The molecular formula is C20H18F3N7O. The highest BCUT2D eigenvalue weighted by molar-refractivity contribution is 5.97. The van der Waals surface area contributed by atoms with Gasteiger partial charge in [0.2, 0.25) is 5.91 Å². The van der Waals surface area contributed by atoms with E-state index in [1.807, 2.05) is 6.92 Å². The summed E-state index contributed by atoms with van der Waals surface area (Å²) in [4.78, 5) is 16.3. The molecule has 0 aromatic carbocycles. The first-order valence-electron chi connectivity index (χ1n) is 10.7. The third kappa shape index (κ3) is 4.74. The van der Waals surface area contributed by atoms with Gasteiger partial charge < -0.3 is 10.6 Å². The molecule has 0 aliphatic heterocycles. The molecule has 0 unspecified atom stereocenters. The second-order valence-electron chi connectivity index (χ2n) is 7.24. The third-order valence-corrected chi connectivity index (χ3v) is 4.76. The zero-order valence-corrected chi connectivity index (χ0v) is 16.2. The summed E-state index contributed by atoms with van der Waals surface area (Å²) in [5.74, 6) is 5.60. The van der Waals surface area contributed by atoms with Crippen molar-refractivity contribution in [2.75, 3.05) is 17.6 Å². The molecule has 0 saturated heterocycles. The maximum atomic E-state index is 12.5. The highest BCUT2D eigenvalue weighted by Gasteiger charge is 2.39. The van der Waals surface area contributed by atoms with E-state index in [4.69, 9.17) is 4.11 Å². The molecule has 1 amide bonds. The Hall–Kier alpha value is -3.68. The van der Waals surface area contributed by atoms with Gasteiger partial charge in [0.25, 0.3) is 0 Å². The predicted molar refractivity (Wildman–Crippen MR) is 107 cm³/mol. The molecule has 4 rings (SSSR count). The number of anilines is 2. The first kappa shape index (κ1) is 17.0. The number of nitrogens with one attached hydrogen (secondary N) is 2. The van der Waals surface area contributed by atoms with Crippen LogP contribution in [0.25, 0.3) is 10.9 Å². The van der Waals surface area contributed by atoms with Crippen molar-refractivity contribution in [1.82, 2.24) is 25.0 Å². The van der Waals surface area contributed by atoms with Crippen LogP contribution in [-0.2, 0) is 11.3 Å². The third-order valence-electron chi connectivity index (χ3n) is 4.76. The van der Waals surface area contributed by atoms with E-state index in [-0.39, 0.29) is 40.5 Å². The molecule has 1 fully saturated rings. The smallest absolute Gasteiger partial charge is 0.371 e. The summed E-state index contributed by atoms with van der Waals surface area (Å²) in [6.45, 7) is -1.83. The van der Waals surface area contributed by atoms with E-state index < -0.39 is 19.7 Å². The van der Waals surface area contributed by atoms with Crippen LogP contribution in [0.2, 0.25) is 0 Å². The predicted octanol–water partition coefficient (Wildman–Crippen LogP) is 2.82. The van der Waals surface area contributed by atoms with Crippen LogP contribution >= 0.6 is 0 Å². The maximum absolute atomic E-state index is 12.5. The van der Waals surface area contributed by atoms with E-state index in [1.54, 1.807) is 0 Å². The second-order valence-corrected chi connectivity index (χ2v) is 7.24. The summed E-state index contributed by atoms with van der Waals surface area (Å²) in [6.07, 6.45) is 0.0201. The number of hydrogen-bond donors (Lipinski definition) is 2. The summed E-state index contributed by atoms with van der Waals surface area (Å²) in [5.41, 5.74) is 0.647. The van der Waals surface area contributed by atoms with Gasteiger partial charge in [-0.25, -0.2) is 4.98 Å². The van der Waals surface area contributed by atoms with Crippen LogP contribution < -0.4 is 10.6 Å². The summed E-state index contributed by atoms with van der Waals surface area (Å²) in [5, 5.41) is 16.9. The van der Waals surface area contributed by atoms with Gasteiger partial charge in [-0.1, -0.05) is 18.8 Å². The van der Waals surface area contributed by atoms with Crippen molar-refractivity contribution in [3.63, 3.8) is 0 Å². The molecule has 3 aromatic rings. The van der Waals surface area contributed by atoms with E-state index in [0.717, 1.165) is 17.3 Å². The average Bonchev–Trinajstić information content (AvgIpc) is 3.29. The molecule has 2 atom stereocenters. The fourth-order valence-electron chi connectivity index (χ4n) is 3.03. The molecule has 31 heavy (non-hydrogen) atoms. The average molecular weight is 432 g/mol. The van der Waals surface area contributed by atoms with Gasteiger partial charge in [0.15, 0.2) is 11.6 Å². The van der Waals surface area contributed by atoms with Crippen LogP contribution in [0.1, 0.15) is 28.6 Å². The number of fused-ring (bicyclic) bond motifs is 1. The topological polar surface area (TPSA) is 97.6 Å². The molecule has 8 nitrogen and oxygen atoms in total. The minimum Gasteiger partial charge on any atom is -0.371 e. The quantitative estimate of drug-likeness (QED) is 0.616. The lowest BCUT2D eigenvalue weighted by Gasteiger charge is -2.08. The number of aromatic nitrogens is 5. The molecule has 1 aliphatic rings. The van der Waals surface area contributed by atoms with Gasteiger partial charge in [0, 0.05) is 34.8 Å². The number of nitrogens with zero attached hydrogens (tertiary/aromatic N) is 5. The Morgan fingerprint density at radius 1 is 1.35 bits per heavy atom. The lowest BCUT2D eigenvalue weighted by atomic mass is 10.1. The monoisotopic (exact) mass is 432 g/mol. The first-order chi connectivity index (χ1) is 15.9. The van der Waals surface area contributed by atoms with Crippen LogP contribution in [0, 0.1) is 23.7 Å². The van der Waals surface area contributed by atoms with Gasteiger partial charge in [-0.2, -0.15) is 18.3 Å². The van der Waals surface area contributed by atoms with Crippen molar-refractivity contribution in [3.05, 3.63) is 35.8 Å². The zero-order valence-electron chi connectivity index (χ0n) is 19.2. The van der Waals surface area contributed by atoms with Gasteiger partial charge in [-0.15, -0.1) is 10.2 Å². The van der Waals surface area contributed by atoms with Crippen LogP contribution in [0.3, 0.4) is 0 Å². The molecule has 3 heterocycles. The van der Waals surface area contributed by atoms with Gasteiger partial charge in [-0.05, 0) is 18.4 Å². The SMILES string of the molecule is [2H]C([2H])([2H])Nc1ncc(C#Cc2cnn(CC(F)(F)F)c2)c2cc(NC(=O)[C@H]3C[C@H]3C)nnc12. The molecule has 0 spiro atoms. The Kier molecular flexibility index (Phi) is 4.32. The number of hydrogen-bond acceptors (Lipinski definition) is 6. The van der Waals surface area contributed by atoms with Gasteiger partial charge >= 0.3 is 6.18 Å². The highest BCUT2D eigenvalue weighted by atomic mass is 19.4. The Morgan fingerprint density at radius 3 is 2.87 bits per heavy atom. The van der Waals surface area contributed by atoms with Crippen molar-refractivity contribution in [2.24, 2.45) is 11.8 Å². The van der Waals surface area contributed by atoms with Crippen LogP contribution in [0.5, 0.6) is 0 Å². The van der Waals surface area contributed by atoms with Crippen molar-refractivity contribution < 1.29 is 22.1 Å². The molecule has 160 valence electrons.